The summed E-state index contributed by atoms with van der Waals surface area (Å²) >= 11 is 11.1. The van der Waals surface area contributed by atoms with Gasteiger partial charge in [-0.2, -0.15) is 0 Å². The summed E-state index contributed by atoms with van der Waals surface area (Å²) in [5.41, 5.74) is 0.421. The van der Waals surface area contributed by atoms with Crippen LogP contribution in [0.25, 0.3) is 0 Å². The van der Waals surface area contributed by atoms with Crippen LogP contribution in [0.3, 0.4) is 0 Å². The van der Waals surface area contributed by atoms with E-state index in [1.54, 1.807) is 0 Å². The van der Waals surface area contributed by atoms with Crippen molar-refractivity contribution in [2.75, 3.05) is 13.2 Å². The Balaban J connectivity index is 2.25. The molecule has 2 rings (SSSR count). The van der Waals surface area contributed by atoms with Gasteiger partial charge in [0, 0.05) is 0 Å². The first-order valence-corrected chi connectivity index (χ1v) is 4.01. The maximum atomic E-state index is 5.69. The lowest BCUT2D eigenvalue weighted by molar-refractivity contribution is -0.0473. The van der Waals surface area contributed by atoms with Crippen LogP contribution in [0.15, 0.2) is 0 Å². The van der Waals surface area contributed by atoms with Gasteiger partial charge in [0.25, 0.3) is 0 Å². The highest BCUT2D eigenvalue weighted by molar-refractivity contribution is 6.30. The van der Waals surface area contributed by atoms with Crippen molar-refractivity contribution in [1.29, 1.82) is 0 Å². The maximum absolute atomic E-state index is 5.69. The molecule has 0 aliphatic carbocycles. The second-order valence-electron chi connectivity index (χ2n) is 2.19. The third-order valence-corrected chi connectivity index (χ3v) is 1.84. The molecule has 0 spiro atoms. The maximum Gasteiger partial charge on any atom is 0.206 e. The average molecular weight is 210 g/mol. The van der Waals surface area contributed by atoms with Crippen LogP contribution in [0, 0.1) is 0 Å². The van der Waals surface area contributed by atoms with E-state index >= 15 is 0 Å². The first-order chi connectivity index (χ1) is 5.77. The van der Waals surface area contributed by atoms with Crippen LogP contribution in [-0.4, -0.2) is 27.7 Å². The zero-order chi connectivity index (χ0) is 8.55. The average Bonchev–Trinajstić information content (AvgIpc) is 2.58. The van der Waals surface area contributed by atoms with Gasteiger partial charge in [0.2, 0.25) is 6.29 Å². The highest BCUT2D eigenvalue weighted by atomic mass is 35.5. The van der Waals surface area contributed by atoms with E-state index in [1.165, 1.54) is 0 Å². The molecule has 0 bridgehead atoms. The van der Waals surface area contributed by atoms with Crippen molar-refractivity contribution in [3.05, 3.63) is 10.8 Å². The molecule has 5 nitrogen and oxygen atoms in total. The Morgan fingerprint density at radius 2 is 2.00 bits per heavy atom. The Labute approximate surface area is 78.3 Å². The zero-order valence-corrected chi connectivity index (χ0v) is 7.42. The lowest BCUT2D eigenvalue weighted by Gasteiger charge is -2.03. The van der Waals surface area contributed by atoms with Crippen LogP contribution >= 0.6 is 23.4 Å². The van der Waals surface area contributed by atoms with E-state index in [-0.39, 0.29) is 5.15 Å². The van der Waals surface area contributed by atoms with E-state index in [0.717, 1.165) is 4.32 Å². The SMILES string of the molecule is Clc1nn(Cl)nc1C1OCCO1. The van der Waals surface area contributed by atoms with E-state index < -0.39 is 6.29 Å². The van der Waals surface area contributed by atoms with Crippen molar-refractivity contribution in [2.24, 2.45) is 0 Å². The highest BCUT2D eigenvalue weighted by Gasteiger charge is 2.25. The second kappa shape index (κ2) is 3.18. The first-order valence-electron chi connectivity index (χ1n) is 3.29. The summed E-state index contributed by atoms with van der Waals surface area (Å²) in [7, 11) is 0. The molecule has 0 amide bonds. The normalized spacial score (nSPS) is 18.8. The number of halogens is 2. The van der Waals surface area contributed by atoms with Crippen LogP contribution in [-0.2, 0) is 9.47 Å². The van der Waals surface area contributed by atoms with Gasteiger partial charge < -0.3 is 9.47 Å². The standard InChI is InChI=1S/C5H5Cl2N3O2/c6-4-3(8-10(7)9-4)5-11-1-2-12-5/h5H,1-2H2. The van der Waals surface area contributed by atoms with Gasteiger partial charge in [0.15, 0.2) is 10.8 Å². The van der Waals surface area contributed by atoms with Crippen molar-refractivity contribution >= 4 is 23.4 Å². The van der Waals surface area contributed by atoms with E-state index in [9.17, 15) is 0 Å². The van der Waals surface area contributed by atoms with Gasteiger partial charge in [-0.15, -0.1) is 10.2 Å². The van der Waals surface area contributed by atoms with E-state index in [4.69, 9.17) is 32.9 Å². The molecular formula is C5H5Cl2N3O2. The number of ether oxygens (including phenoxy) is 2. The Morgan fingerprint density at radius 1 is 1.33 bits per heavy atom. The van der Waals surface area contributed by atoms with Crippen molar-refractivity contribution in [1.82, 2.24) is 14.5 Å². The van der Waals surface area contributed by atoms with Crippen molar-refractivity contribution in [3.63, 3.8) is 0 Å². The van der Waals surface area contributed by atoms with Gasteiger partial charge in [0.05, 0.1) is 25.0 Å². The molecule has 2 heterocycles. The minimum Gasteiger partial charge on any atom is -0.344 e. The largest absolute Gasteiger partial charge is 0.344 e. The summed E-state index contributed by atoms with van der Waals surface area (Å²) in [6.07, 6.45) is -0.523. The zero-order valence-electron chi connectivity index (χ0n) is 5.91. The van der Waals surface area contributed by atoms with Crippen LogP contribution in [0.1, 0.15) is 12.0 Å². The van der Waals surface area contributed by atoms with Gasteiger partial charge in [-0.1, -0.05) is 15.9 Å². The predicted molar refractivity (Wildman–Crippen MR) is 40.9 cm³/mol. The Morgan fingerprint density at radius 3 is 2.50 bits per heavy atom. The second-order valence-corrected chi connectivity index (χ2v) is 2.85. The molecule has 1 aromatic rings. The molecule has 1 aromatic heterocycles. The van der Waals surface area contributed by atoms with Crippen molar-refractivity contribution < 1.29 is 9.47 Å². The molecule has 0 saturated carbocycles. The molecule has 0 radical (unpaired) electrons. The number of aromatic nitrogens is 3. The molecule has 1 saturated heterocycles. The molecule has 12 heavy (non-hydrogen) atoms. The van der Waals surface area contributed by atoms with Gasteiger partial charge in [-0.05, 0) is 0 Å². The first kappa shape index (κ1) is 8.25. The number of hydrogen-bond donors (Lipinski definition) is 0. The van der Waals surface area contributed by atoms with Crippen molar-refractivity contribution in [2.45, 2.75) is 6.29 Å². The van der Waals surface area contributed by atoms with Gasteiger partial charge in [-0.25, -0.2) is 0 Å². The highest BCUT2D eigenvalue weighted by Crippen LogP contribution is 2.26. The summed E-state index contributed by atoms with van der Waals surface area (Å²) in [6, 6.07) is 0. The van der Waals surface area contributed by atoms with E-state index in [1.807, 2.05) is 0 Å². The smallest absolute Gasteiger partial charge is 0.206 e. The van der Waals surface area contributed by atoms with Crippen LogP contribution < -0.4 is 0 Å². The number of hydrogen-bond acceptors (Lipinski definition) is 4. The molecule has 0 unspecified atom stereocenters. The topological polar surface area (TPSA) is 49.2 Å². The number of nitrogens with zero attached hydrogens (tertiary/aromatic N) is 3. The molecule has 0 N–H and O–H groups in total. The molecule has 1 aliphatic rings. The molecule has 0 aromatic carbocycles. The van der Waals surface area contributed by atoms with Gasteiger partial charge in [0.1, 0.15) is 0 Å². The van der Waals surface area contributed by atoms with Crippen LogP contribution in [0.2, 0.25) is 5.15 Å². The monoisotopic (exact) mass is 209 g/mol. The number of rotatable bonds is 1. The fourth-order valence-electron chi connectivity index (χ4n) is 0.937. The summed E-state index contributed by atoms with van der Waals surface area (Å²) in [5, 5.41) is 7.62. The summed E-state index contributed by atoms with van der Waals surface area (Å²) in [6.45, 7) is 1.08. The fraction of sp³-hybridized carbons (Fsp3) is 0.600. The third-order valence-electron chi connectivity index (χ3n) is 1.42. The molecule has 0 atom stereocenters. The Bertz CT molecular complexity index is 284. The van der Waals surface area contributed by atoms with Gasteiger partial charge in [-0.3, -0.25) is 0 Å². The molecule has 7 heteroatoms. The summed E-state index contributed by atoms with van der Waals surface area (Å²) in [5.74, 6) is 0. The minimum absolute atomic E-state index is 0.205. The van der Waals surface area contributed by atoms with Crippen LogP contribution in [0.5, 0.6) is 0 Å². The lowest BCUT2D eigenvalue weighted by atomic mass is 10.5. The van der Waals surface area contributed by atoms with Gasteiger partial charge >= 0.3 is 0 Å². The van der Waals surface area contributed by atoms with E-state index in [2.05, 4.69) is 10.2 Å². The Hall–Kier alpha value is -0.360. The lowest BCUT2D eigenvalue weighted by Crippen LogP contribution is -1.99. The quantitative estimate of drug-likeness (QED) is 0.693. The van der Waals surface area contributed by atoms with Crippen LogP contribution in [0.4, 0.5) is 0 Å². The molecule has 1 aliphatic heterocycles. The summed E-state index contributed by atoms with van der Waals surface area (Å²) < 4.78 is 11.2. The van der Waals surface area contributed by atoms with E-state index in [0.29, 0.717) is 18.9 Å². The third kappa shape index (κ3) is 1.40. The molecular weight excluding hydrogens is 205 g/mol. The minimum atomic E-state index is -0.523. The Kier molecular flexibility index (Phi) is 2.18. The predicted octanol–water partition coefficient (Wildman–Crippen LogP) is 0.979. The van der Waals surface area contributed by atoms with Crippen molar-refractivity contribution in [3.8, 4) is 0 Å². The molecule has 66 valence electrons. The molecule has 1 fully saturated rings. The summed E-state index contributed by atoms with van der Waals surface area (Å²) in [4.78, 5) is 0. The fourth-order valence-corrected chi connectivity index (χ4v) is 1.33.